The largest absolute Gasteiger partial charge is 0.504 e. The van der Waals surface area contributed by atoms with Crippen LogP contribution >= 0.6 is 0 Å². The average Bonchev–Trinajstić information content (AvgIpc) is 2.30. The zero-order chi connectivity index (χ0) is 13.7. The van der Waals surface area contributed by atoms with Gasteiger partial charge in [0.1, 0.15) is 0 Å². The summed E-state index contributed by atoms with van der Waals surface area (Å²) in [5, 5.41) is 35.3. The van der Waals surface area contributed by atoms with E-state index in [9.17, 15) is 0 Å². The van der Waals surface area contributed by atoms with Crippen LogP contribution in [0.3, 0.4) is 0 Å². The first-order valence-corrected chi connectivity index (χ1v) is 5.37. The van der Waals surface area contributed by atoms with Crippen LogP contribution in [0.2, 0.25) is 0 Å². The molecule has 2 aromatic carbocycles. The first-order valence-electron chi connectivity index (χ1n) is 5.37. The van der Waals surface area contributed by atoms with Crippen molar-refractivity contribution in [3.05, 3.63) is 47.5 Å². The van der Waals surface area contributed by atoms with Crippen LogP contribution in [-0.4, -0.2) is 20.4 Å². The van der Waals surface area contributed by atoms with Crippen molar-refractivity contribution in [1.29, 1.82) is 0 Å². The summed E-state index contributed by atoms with van der Waals surface area (Å²) in [5.41, 5.74) is 1.87. The summed E-state index contributed by atoms with van der Waals surface area (Å²) in [7, 11) is 0. The lowest BCUT2D eigenvalue weighted by Crippen LogP contribution is -1.70. The van der Waals surface area contributed by atoms with Crippen LogP contribution in [0.25, 0.3) is 0 Å². The molecule has 0 aromatic heterocycles. The summed E-state index contributed by atoms with van der Waals surface area (Å²) in [5.74, 6) is -0.258. The minimum absolute atomic E-state index is 0.0602. The maximum absolute atomic E-state index is 8.85. The van der Waals surface area contributed by atoms with Crippen LogP contribution in [0.1, 0.15) is 11.1 Å². The van der Waals surface area contributed by atoms with E-state index in [1.807, 2.05) is 13.8 Å². The van der Waals surface area contributed by atoms with Crippen molar-refractivity contribution in [3.8, 4) is 23.0 Å². The molecule has 18 heavy (non-hydrogen) atoms. The van der Waals surface area contributed by atoms with Gasteiger partial charge in [0.2, 0.25) is 0 Å². The quantitative estimate of drug-likeness (QED) is 0.540. The Morgan fingerprint density at radius 2 is 0.889 bits per heavy atom. The monoisotopic (exact) mass is 248 g/mol. The summed E-state index contributed by atoms with van der Waals surface area (Å²) >= 11 is 0. The first kappa shape index (κ1) is 13.7. The predicted octanol–water partition coefficient (Wildman–Crippen LogP) is 2.81. The van der Waals surface area contributed by atoms with Gasteiger partial charge in [0, 0.05) is 0 Å². The van der Waals surface area contributed by atoms with E-state index in [-0.39, 0.29) is 23.0 Å². The molecule has 2 aromatic rings. The maximum Gasteiger partial charge on any atom is 0.157 e. The van der Waals surface area contributed by atoms with Gasteiger partial charge in [0.25, 0.3) is 0 Å². The van der Waals surface area contributed by atoms with Gasteiger partial charge in [-0.25, -0.2) is 0 Å². The highest BCUT2D eigenvalue weighted by Gasteiger charge is 1.95. The topological polar surface area (TPSA) is 80.9 Å². The van der Waals surface area contributed by atoms with Crippen molar-refractivity contribution in [3.63, 3.8) is 0 Å². The molecule has 0 spiro atoms. The van der Waals surface area contributed by atoms with Crippen molar-refractivity contribution < 1.29 is 20.4 Å². The number of aryl methyl sites for hydroxylation is 2. The van der Waals surface area contributed by atoms with Crippen LogP contribution < -0.4 is 0 Å². The number of phenols is 4. The minimum Gasteiger partial charge on any atom is -0.504 e. The Morgan fingerprint density at radius 1 is 0.556 bits per heavy atom. The second kappa shape index (κ2) is 5.82. The molecule has 4 nitrogen and oxygen atoms in total. The Morgan fingerprint density at radius 3 is 1.11 bits per heavy atom. The number of benzene rings is 2. The Hall–Kier alpha value is -2.36. The molecule has 0 saturated carbocycles. The normalized spacial score (nSPS) is 9.44. The van der Waals surface area contributed by atoms with E-state index in [0.29, 0.717) is 0 Å². The van der Waals surface area contributed by atoms with E-state index in [1.54, 1.807) is 12.1 Å². The summed E-state index contributed by atoms with van der Waals surface area (Å²) in [6.45, 7) is 3.69. The molecule has 0 heterocycles. The fourth-order valence-electron chi connectivity index (χ4n) is 1.27. The molecule has 0 fully saturated rings. The van der Waals surface area contributed by atoms with Crippen molar-refractivity contribution in [2.45, 2.75) is 13.8 Å². The van der Waals surface area contributed by atoms with Gasteiger partial charge in [-0.2, -0.15) is 0 Å². The Labute approximate surface area is 105 Å². The molecule has 0 aliphatic heterocycles. The third-order valence-corrected chi connectivity index (χ3v) is 2.26. The highest BCUT2D eigenvalue weighted by molar-refractivity contribution is 5.40. The van der Waals surface area contributed by atoms with Crippen molar-refractivity contribution in [2.24, 2.45) is 0 Å². The number of hydrogen-bond acceptors (Lipinski definition) is 4. The summed E-state index contributed by atoms with van der Waals surface area (Å²) in [6, 6.07) is 9.41. The van der Waals surface area contributed by atoms with Crippen molar-refractivity contribution >= 4 is 0 Å². The fraction of sp³-hybridized carbons (Fsp3) is 0.143. The lowest BCUT2D eigenvalue weighted by Gasteiger charge is -1.95. The van der Waals surface area contributed by atoms with Crippen LogP contribution in [0.5, 0.6) is 23.0 Å². The number of aromatic hydroxyl groups is 4. The highest BCUT2D eigenvalue weighted by Crippen LogP contribution is 2.24. The van der Waals surface area contributed by atoms with Gasteiger partial charge in [-0.05, 0) is 49.2 Å². The zero-order valence-corrected chi connectivity index (χ0v) is 10.3. The standard InChI is InChI=1S/2C7H8O2/c2*1-5-2-3-6(8)7(9)4-5/h2*2-4,8-9H,1H3. The Bertz CT molecular complexity index is 486. The van der Waals surface area contributed by atoms with Gasteiger partial charge in [-0.3, -0.25) is 0 Å². The van der Waals surface area contributed by atoms with E-state index in [0.717, 1.165) is 11.1 Å². The fourth-order valence-corrected chi connectivity index (χ4v) is 1.27. The third kappa shape index (κ3) is 3.90. The van der Waals surface area contributed by atoms with Crippen molar-refractivity contribution in [1.82, 2.24) is 0 Å². The molecular formula is C14H16O4. The SMILES string of the molecule is Cc1ccc(O)c(O)c1.Cc1ccc(O)c(O)c1. The van der Waals surface area contributed by atoms with Gasteiger partial charge < -0.3 is 20.4 Å². The lowest BCUT2D eigenvalue weighted by atomic mass is 10.2. The maximum atomic E-state index is 8.85. The highest BCUT2D eigenvalue weighted by atomic mass is 16.3. The molecule has 0 saturated heterocycles. The van der Waals surface area contributed by atoms with E-state index in [4.69, 9.17) is 20.4 Å². The van der Waals surface area contributed by atoms with Crippen LogP contribution in [0.15, 0.2) is 36.4 Å². The van der Waals surface area contributed by atoms with E-state index in [1.165, 1.54) is 24.3 Å². The molecular weight excluding hydrogens is 232 g/mol. The molecule has 0 bridgehead atoms. The molecule has 0 aliphatic carbocycles. The Kier molecular flexibility index (Phi) is 4.43. The Balaban J connectivity index is 0.000000180. The second-order valence-corrected chi connectivity index (χ2v) is 3.98. The predicted molar refractivity (Wildman–Crippen MR) is 69.0 cm³/mol. The summed E-state index contributed by atoms with van der Waals surface area (Å²) in [6.07, 6.45) is 0. The first-order chi connectivity index (χ1) is 8.40. The second-order valence-electron chi connectivity index (χ2n) is 3.98. The van der Waals surface area contributed by atoms with E-state index in [2.05, 4.69) is 0 Å². The zero-order valence-electron chi connectivity index (χ0n) is 10.3. The van der Waals surface area contributed by atoms with Crippen molar-refractivity contribution in [2.75, 3.05) is 0 Å². The van der Waals surface area contributed by atoms with Crippen LogP contribution in [0, 0.1) is 13.8 Å². The third-order valence-electron chi connectivity index (χ3n) is 2.26. The molecule has 4 heteroatoms. The van der Waals surface area contributed by atoms with Gasteiger partial charge >= 0.3 is 0 Å². The van der Waals surface area contributed by atoms with Gasteiger partial charge in [-0.1, -0.05) is 12.1 Å². The van der Waals surface area contributed by atoms with Gasteiger partial charge in [0.15, 0.2) is 23.0 Å². The van der Waals surface area contributed by atoms with Crippen LogP contribution in [-0.2, 0) is 0 Å². The number of hydrogen-bond donors (Lipinski definition) is 4. The molecule has 2 rings (SSSR count). The van der Waals surface area contributed by atoms with Crippen LogP contribution in [0.4, 0.5) is 0 Å². The van der Waals surface area contributed by atoms with E-state index < -0.39 is 0 Å². The molecule has 0 unspecified atom stereocenters. The molecule has 4 N–H and O–H groups in total. The minimum atomic E-state index is -0.0689. The summed E-state index contributed by atoms with van der Waals surface area (Å²) in [4.78, 5) is 0. The van der Waals surface area contributed by atoms with Gasteiger partial charge in [-0.15, -0.1) is 0 Å². The molecule has 0 aliphatic rings. The molecule has 0 amide bonds. The summed E-state index contributed by atoms with van der Waals surface area (Å²) < 4.78 is 0. The van der Waals surface area contributed by atoms with E-state index >= 15 is 0 Å². The smallest absolute Gasteiger partial charge is 0.157 e. The molecule has 96 valence electrons. The number of rotatable bonds is 0. The molecule has 0 atom stereocenters. The van der Waals surface area contributed by atoms with Gasteiger partial charge in [0.05, 0.1) is 0 Å². The average molecular weight is 248 g/mol. The molecule has 0 radical (unpaired) electrons. The number of phenolic OH excluding ortho intramolecular Hbond substituents is 4. The lowest BCUT2D eigenvalue weighted by molar-refractivity contribution is 0.403.